The third-order valence-corrected chi connectivity index (χ3v) is 4.97. The van der Waals surface area contributed by atoms with Crippen LogP contribution in [0.15, 0.2) is 51.9 Å². The van der Waals surface area contributed by atoms with Gasteiger partial charge in [-0.25, -0.2) is 0 Å². The highest BCUT2D eigenvalue weighted by atomic mass is 16.5. The lowest BCUT2D eigenvalue weighted by atomic mass is 10.1. The first-order chi connectivity index (χ1) is 13.1. The fourth-order valence-electron chi connectivity index (χ4n) is 3.53. The van der Waals surface area contributed by atoms with Crippen molar-refractivity contribution in [1.29, 1.82) is 0 Å². The molecule has 1 amide bonds. The predicted octanol–water partition coefficient (Wildman–Crippen LogP) is 3.14. The normalized spacial score (nSPS) is 16.7. The predicted molar refractivity (Wildman–Crippen MR) is 101 cm³/mol. The topological polar surface area (TPSA) is 75.5 Å². The van der Waals surface area contributed by atoms with Gasteiger partial charge in [-0.05, 0) is 48.9 Å². The first-order valence-corrected chi connectivity index (χ1v) is 9.16. The monoisotopic (exact) mass is 366 g/mol. The number of benzene rings is 1. The van der Waals surface area contributed by atoms with E-state index in [0.717, 1.165) is 22.9 Å². The van der Waals surface area contributed by atoms with Gasteiger partial charge in [0.2, 0.25) is 0 Å². The summed E-state index contributed by atoms with van der Waals surface area (Å²) in [6.07, 6.45) is 2.72. The summed E-state index contributed by atoms with van der Waals surface area (Å²) in [5.41, 5.74) is 2.21. The van der Waals surface area contributed by atoms with Crippen LogP contribution in [0.25, 0.3) is 10.9 Å². The first kappa shape index (κ1) is 17.5. The zero-order valence-corrected chi connectivity index (χ0v) is 15.2. The Hall–Kier alpha value is -2.86. The van der Waals surface area contributed by atoms with E-state index < -0.39 is 6.10 Å². The average molecular weight is 366 g/mol. The molecule has 4 rings (SSSR count). The number of aromatic amines is 1. The average Bonchev–Trinajstić information content (AvgIpc) is 3.36. The highest BCUT2D eigenvalue weighted by Crippen LogP contribution is 2.20. The molecule has 0 bridgehead atoms. The maximum absolute atomic E-state index is 13.0. The van der Waals surface area contributed by atoms with Crippen LogP contribution in [-0.4, -0.2) is 28.5 Å². The Labute approximate surface area is 156 Å². The van der Waals surface area contributed by atoms with Crippen LogP contribution in [0.3, 0.4) is 0 Å². The quantitative estimate of drug-likeness (QED) is 0.753. The Morgan fingerprint density at radius 3 is 2.89 bits per heavy atom. The highest BCUT2D eigenvalue weighted by Gasteiger charge is 2.29. The van der Waals surface area contributed by atoms with E-state index in [-0.39, 0.29) is 18.0 Å². The van der Waals surface area contributed by atoms with Gasteiger partial charge in [-0.15, -0.1) is 0 Å². The van der Waals surface area contributed by atoms with E-state index in [9.17, 15) is 9.59 Å². The molecule has 2 aromatic heterocycles. The van der Waals surface area contributed by atoms with E-state index in [0.29, 0.717) is 30.9 Å². The second-order valence-corrected chi connectivity index (χ2v) is 6.94. The van der Waals surface area contributed by atoms with Crippen molar-refractivity contribution in [2.75, 3.05) is 6.61 Å². The fourth-order valence-corrected chi connectivity index (χ4v) is 3.53. The standard InChI is InChI=1S/C21H22N2O4/c1-14-5-2-6-15-11-16(20(24)22-19(14)15)12-23(13-17-7-3-9-26-17)21(25)18-8-4-10-27-18/h2-3,5-7,9,11,18H,4,8,10,12-13H2,1H3,(H,22,24). The molecular formula is C21H22N2O4. The molecule has 0 spiro atoms. The van der Waals surface area contributed by atoms with E-state index in [1.165, 1.54) is 0 Å². The molecule has 1 aliphatic rings. The Balaban J connectivity index is 1.66. The number of ether oxygens (including phenoxy) is 1. The van der Waals surface area contributed by atoms with Crippen LogP contribution in [0, 0.1) is 6.92 Å². The number of nitrogens with one attached hydrogen (secondary N) is 1. The Morgan fingerprint density at radius 2 is 2.15 bits per heavy atom. The second-order valence-electron chi connectivity index (χ2n) is 6.94. The minimum absolute atomic E-state index is 0.104. The van der Waals surface area contributed by atoms with Crippen molar-refractivity contribution in [3.8, 4) is 0 Å². The molecule has 3 heterocycles. The summed E-state index contributed by atoms with van der Waals surface area (Å²) in [4.78, 5) is 30.2. The van der Waals surface area contributed by atoms with E-state index in [2.05, 4.69) is 4.98 Å². The molecule has 1 aliphatic heterocycles. The molecule has 1 saturated heterocycles. The van der Waals surface area contributed by atoms with Crippen LogP contribution >= 0.6 is 0 Å². The van der Waals surface area contributed by atoms with Crippen molar-refractivity contribution < 1.29 is 13.9 Å². The summed E-state index contributed by atoms with van der Waals surface area (Å²) in [6.45, 7) is 3.07. The number of para-hydroxylation sites is 1. The van der Waals surface area contributed by atoms with Gasteiger partial charge < -0.3 is 19.0 Å². The van der Waals surface area contributed by atoms with Crippen LogP contribution in [0.1, 0.15) is 29.7 Å². The zero-order chi connectivity index (χ0) is 18.8. The molecule has 0 aliphatic carbocycles. The number of aromatic nitrogens is 1. The maximum Gasteiger partial charge on any atom is 0.253 e. The SMILES string of the molecule is Cc1cccc2cc(CN(Cc3ccco3)C(=O)C3CCCO3)c(=O)[nH]c12. The highest BCUT2D eigenvalue weighted by molar-refractivity contribution is 5.83. The molecule has 1 fully saturated rings. The van der Waals surface area contributed by atoms with Crippen LogP contribution in [0.5, 0.6) is 0 Å². The number of nitrogens with zero attached hydrogens (tertiary/aromatic N) is 1. The van der Waals surface area contributed by atoms with E-state index in [4.69, 9.17) is 9.15 Å². The summed E-state index contributed by atoms with van der Waals surface area (Å²) in [5, 5.41) is 0.951. The summed E-state index contributed by atoms with van der Waals surface area (Å²) in [5.74, 6) is 0.571. The number of rotatable bonds is 5. The molecule has 1 N–H and O–H groups in total. The largest absolute Gasteiger partial charge is 0.467 e. The van der Waals surface area contributed by atoms with Crippen molar-refractivity contribution in [2.45, 2.75) is 39.0 Å². The van der Waals surface area contributed by atoms with Crippen LogP contribution in [0.4, 0.5) is 0 Å². The number of carbonyl (C=O) groups is 1. The Morgan fingerprint density at radius 1 is 1.26 bits per heavy atom. The van der Waals surface area contributed by atoms with Crippen molar-refractivity contribution >= 4 is 16.8 Å². The molecule has 140 valence electrons. The third-order valence-electron chi connectivity index (χ3n) is 4.97. The number of amides is 1. The molecule has 1 unspecified atom stereocenters. The lowest BCUT2D eigenvalue weighted by molar-refractivity contribution is -0.142. The number of aryl methyl sites for hydroxylation is 1. The van der Waals surface area contributed by atoms with Gasteiger partial charge in [0, 0.05) is 12.2 Å². The molecule has 6 heteroatoms. The van der Waals surface area contributed by atoms with Gasteiger partial charge in [0.15, 0.2) is 0 Å². The molecule has 3 aromatic rings. The van der Waals surface area contributed by atoms with Crippen LogP contribution < -0.4 is 5.56 Å². The Kier molecular flexibility index (Phi) is 4.81. The third kappa shape index (κ3) is 3.66. The van der Waals surface area contributed by atoms with Gasteiger partial charge in [0.05, 0.1) is 24.9 Å². The Bertz CT molecular complexity index is 1000. The van der Waals surface area contributed by atoms with Crippen molar-refractivity contribution in [2.24, 2.45) is 0 Å². The first-order valence-electron chi connectivity index (χ1n) is 9.16. The molecule has 6 nitrogen and oxygen atoms in total. The van der Waals surface area contributed by atoms with Crippen LogP contribution in [0.2, 0.25) is 0 Å². The summed E-state index contributed by atoms with van der Waals surface area (Å²) in [7, 11) is 0. The van der Waals surface area contributed by atoms with Crippen molar-refractivity contribution in [1.82, 2.24) is 9.88 Å². The fraction of sp³-hybridized carbons (Fsp3) is 0.333. The minimum Gasteiger partial charge on any atom is -0.467 e. The number of furan rings is 1. The van der Waals surface area contributed by atoms with Gasteiger partial charge in [-0.1, -0.05) is 18.2 Å². The minimum atomic E-state index is -0.443. The molecule has 27 heavy (non-hydrogen) atoms. The number of fused-ring (bicyclic) bond motifs is 1. The van der Waals surface area contributed by atoms with Gasteiger partial charge in [-0.2, -0.15) is 0 Å². The van der Waals surface area contributed by atoms with E-state index in [1.807, 2.05) is 37.3 Å². The molecule has 0 radical (unpaired) electrons. The molecule has 1 atom stereocenters. The summed E-state index contributed by atoms with van der Waals surface area (Å²) < 4.78 is 11.0. The molecule has 1 aromatic carbocycles. The van der Waals surface area contributed by atoms with Crippen molar-refractivity contribution in [3.63, 3.8) is 0 Å². The number of pyridine rings is 1. The number of hydrogen-bond donors (Lipinski definition) is 1. The van der Waals surface area contributed by atoms with Crippen molar-refractivity contribution in [3.05, 3.63) is 69.9 Å². The maximum atomic E-state index is 13.0. The van der Waals surface area contributed by atoms with E-state index in [1.54, 1.807) is 17.2 Å². The summed E-state index contributed by atoms with van der Waals surface area (Å²) >= 11 is 0. The number of carbonyl (C=O) groups excluding carboxylic acids is 1. The van der Waals surface area contributed by atoms with Gasteiger partial charge in [0.25, 0.3) is 11.5 Å². The lowest BCUT2D eigenvalue weighted by Gasteiger charge is -2.24. The molecular weight excluding hydrogens is 344 g/mol. The van der Waals surface area contributed by atoms with E-state index >= 15 is 0 Å². The lowest BCUT2D eigenvalue weighted by Crippen LogP contribution is -2.39. The smallest absolute Gasteiger partial charge is 0.253 e. The van der Waals surface area contributed by atoms with Crippen LogP contribution in [-0.2, 0) is 22.6 Å². The van der Waals surface area contributed by atoms with Gasteiger partial charge in [-0.3, -0.25) is 9.59 Å². The zero-order valence-electron chi connectivity index (χ0n) is 15.2. The second kappa shape index (κ2) is 7.40. The van der Waals surface area contributed by atoms with Gasteiger partial charge >= 0.3 is 0 Å². The summed E-state index contributed by atoms with van der Waals surface area (Å²) in [6, 6.07) is 11.3. The number of H-pyrrole nitrogens is 1. The van der Waals surface area contributed by atoms with Gasteiger partial charge in [0.1, 0.15) is 11.9 Å². The molecule has 0 saturated carbocycles. The number of hydrogen-bond acceptors (Lipinski definition) is 4.